The lowest BCUT2D eigenvalue weighted by molar-refractivity contribution is -0.132. The van der Waals surface area contributed by atoms with E-state index in [1.165, 1.54) is 0 Å². The van der Waals surface area contributed by atoms with Gasteiger partial charge in [0.15, 0.2) is 0 Å². The van der Waals surface area contributed by atoms with E-state index in [0.29, 0.717) is 5.57 Å². The topological polar surface area (TPSA) is 37.3 Å². The Kier molecular flexibility index (Phi) is 6.47. The molecule has 0 aliphatic heterocycles. The van der Waals surface area contributed by atoms with Crippen molar-refractivity contribution in [2.75, 3.05) is 0 Å². The van der Waals surface area contributed by atoms with Crippen LogP contribution < -0.4 is 0 Å². The zero-order valence-corrected chi connectivity index (χ0v) is 10.9. The van der Waals surface area contributed by atoms with Crippen molar-refractivity contribution in [1.29, 1.82) is 0 Å². The molecule has 2 heteroatoms. The van der Waals surface area contributed by atoms with Gasteiger partial charge >= 0.3 is 5.97 Å². The fraction of sp³-hybridized carbons (Fsp3) is 0.500. The van der Waals surface area contributed by atoms with Gasteiger partial charge in [-0.3, -0.25) is 0 Å². The summed E-state index contributed by atoms with van der Waals surface area (Å²) in [5.41, 5.74) is 3.69. The van der Waals surface area contributed by atoms with Crippen molar-refractivity contribution in [3.63, 3.8) is 0 Å². The van der Waals surface area contributed by atoms with Crippen LogP contribution in [0.3, 0.4) is 0 Å². The molecule has 1 N–H and O–H groups in total. The number of carboxylic acid groups (broad SMARTS) is 1. The minimum absolute atomic E-state index is 0.373. The predicted octanol–water partition coefficient (Wildman–Crippen LogP) is 4.10. The third-order valence-corrected chi connectivity index (χ3v) is 2.68. The summed E-state index contributed by atoms with van der Waals surface area (Å²) in [5.74, 6) is -0.861. The number of aliphatic carboxylic acids is 1. The minimum atomic E-state index is -0.861. The summed E-state index contributed by atoms with van der Waals surface area (Å²) in [4.78, 5) is 11.1. The van der Waals surface area contributed by atoms with Crippen LogP contribution in [-0.2, 0) is 4.79 Å². The maximum Gasteiger partial charge on any atom is 0.335 e. The van der Waals surface area contributed by atoms with Crippen molar-refractivity contribution in [3.05, 3.63) is 34.4 Å². The van der Waals surface area contributed by atoms with Gasteiger partial charge in [0.25, 0.3) is 0 Å². The molecule has 0 aliphatic carbocycles. The Hall–Kier alpha value is -1.31. The quantitative estimate of drug-likeness (QED) is 0.561. The Morgan fingerprint density at radius 1 is 1.06 bits per heavy atom. The first-order chi connectivity index (χ1) is 7.42. The molecule has 0 fully saturated rings. The molecule has 0 aromatic heterocycles. The van der Waals surface area contributed by atoms with Crippen LogP contribution >= 0.6 is 0 Å². The van der Waals surface area contributed by atoms with E-state index >= 15 is 0 Å². The van der Waals surface area contributed by atoms with Gasteiger partial charge in [-0.1, -0.05) is 30.6 Å². The molecule has 0 bridgehead atoms. The van der Waals surface area contributed by atoms with Crippen LogP contribution in [0.5, 0.6) is 0 Å². The number of carbonyl (C=O) groups is 1. The highest BCUT2D eigenvalue weighted by Gasteiger charge is 2.05. The van der Waals surface area contributed by atoms with Crippen LogP contribution in [-0.4, -0.2) is 11.1 Å². The van der Waals surface area contributed by atoms with E-state index in [0.717, 1.165) is 29.6 Å². The van der Waals surface area contributed by atoms with E-state index in [1.807, 2.05) is 34.6 Å². The normalized spacial score (nSPS) is 10.9. The monoisotopic (exact) mass is 222 g/mol. The van der Waals surface area contributed by atoms with Crippen molar-refractivity contribution in [2.24, 2.45) is 0 Å². The summed E-state index contributed by atoms with van der Waals surface area (Å²) in [7, 11) is 0. The van der Waals surface area contributed by atoms with E-state index < -0.39 is 5.97 Å². The summed E-state index contributed by atoms with van der Waals surface area (Å²) in [6.45, 7) is 9.99. The van der Waals surface area contributed by atoms with Crippen molar-refractivity contribution in [1.82, 2.24) is 0 Å². The lowest BCUT2D eigenvalue weighted by Crippen LogP contribution is -1.99. The molecule has 0 unspecified atom stereocenters. The fourth-order valence-electron chi connectivity index (χ4n) is 1.22. The van der Waals surface area contributed by atoms with Gasteiger partial charge in [-0.25, -0.2) is 4.79 Å². The molecular formula is C14H22O2. The summed E-state index contributed by atoms with van der Waals surface area (Å²) in [6, 6.07) is 0. The molecule has 2 nitrogen and oxygen atoms in total. The zero-order chi connectivity index (χ0) is 12.7. The third kappa shape index (κ3) is 4.96. The highest BCUT2D eigenvalue weighted by Crippen LogP contribution is 2.14. The van der Waals surface area contributed by atoms with Crippen molar-refractivity contribution in [3.8, 4) is 0 Å². The predicted molar refractivity (Wildman–Crippen MR) is 68.4 cm³/mol. The van der Waals surface area contributed by atoms with Crippen LogP contribution in [0.15, 0.2) is 34.4 Å². The minimum Gasteiger partial charge on any atom is -0.478 e. The molecule has 0 amide bonds. The van der Waals surface area contributed by atoms with E-state index in [-0.39, 0.29) is 0 Å². The molecule has 0 aromatic rings. The molecule has 0 rings (SSSR count). The van der Waals surface area contributed by atoms with Gasteiger partial charge in [0.1, 0.15) is 0 Å². The van der Waals surface area contributed by atoms with Gasteiger partial charge in [0.05, 0.1) is 5.57 Å². The second-order valence-corrected chi connectivity index (χ2v) is 4.10. The van der Waals surface area contributed by atoms with Crippen LogP contribution in [0.25, 0.3) is 0 Å². The molecule has 0 heterocycles. The highest BCUT2D eigenvalue weighted by molar-refractivity contribution is 5.90. The lowest BCUT2D eigenvalue weighted by atomic mass is 10.0. The Bertz CT molecular complexity index is 334. The molecular weight excluding hydrogens is 200 g/mol. The van der Waals surface area contributed by atoms with Crippen molar-refractivity contribution in [2.45, 2.75) is 47.5 Å². The molecule has 0 spiro atoms. The zero-order valence-electron chi connectivity index (χ0n) is 10.9. The van der Waals surface area contributed by atoms with Crippen LogP contribution in [0, 0.1) is 0 Å². The first kappa shape index (κ1) is 14.7. The molecule has 0 saturated heterocycles. The van der Waals surface area contributed by atoms with Crippen LogP contribution in [0.4, 0.5) is 0 Å². The highest BCUT2D eigenvalue weighted by atomic mass is 16.4. The average Bonchev–Trinajstić information content (AvgIpc) is 2.23. The lowest BCUT2D eigenvalue weighted by Gasteiger charge is -2.03. The largest absolute Gasteiger partial charge is 0.478 e. The van der Waals surface area contributed by atoms with Gasteiger partial charge in [0.2, 0.25) is 0 Å². The molecule has 0 aliphatic rings. The summed E-state index contributed by atoms with van der Waals surface area (Å²) in [6.07, 6.45) is 5.32. The second kappa shape index (κ2) is 7.04. The Morgan fingerprint density at radius 2 is 1.56 bits per heavy atom. The van der Waals surface area contributed by atoms with E-state index in [1.54, 1.807) is 12.2 Å². The van der Waals surface area contributed by atoms with Crippen LogP contribution in [0.1, 0.15) is 47.5 Å². The Labute approximate surface area is 98.4 Å². The summed E-state index contributed by atoms with van der Waals surface area (Å²) >= 11 is 0. The Morgan fingerprint density at radius 3 is 1.88 bits per heavy atom. The third-order valence-electron chi connectivity index (χ3n) is 2.68. The average molecular weight is 222 g/mol. The van der Waals surface area contributed by atoms with E-state index in [2.05, 4.69) is 0 Å². The number of hydrogen-bond acceptors (Lipinski definition) is 1. The molecule has 0 aromatic carbocycles. The van der Waals surface area contributed by atoms with E-state index in [9.17, 15) is 4.79 Å². The van der Waals surface area contributed by atoms with Gasteiger partial charge in [-0.15, -0.1) is 0 Å². The van der Waals surface area contributed by atoms with Crippen molar-refractivity contribution < 1.29 is 9.90 Å². The summed E-state index contributed by atoms with van der Waals surface area (Å²) < 4.78 is 0. The molecule has 0 saturated carbocycles. The maximum absolute atomic E-state index is 11.1. The number of hydrogen-bond donors (Lipinski definition) is 1. The molecule has 16 heavy (non-hydrogen) atoms. The maximum atomic E-state index is 11.1. The van der Waals surface area contributed by atoms with Gasteiger partial charge in [0, 0.05) is 0 Å². The van der Waals surface area contributed by atoms with Gasteiger partial charge < -0.3 is 5.11 Å². The number of allylic oxidation sites excluding steroid dienone is 4. The SMILES string of the molecule is CCC(=CC(=CC(C)=C(C)C)C(=O)O)CC. The first-order valence-electron chi connectivity index (χ1n) is 5.70. The number of rotatable bonds is 5. The standard InChI is InChI=1S/C14H22O2/c1-6-12(7-2)9-13(14(15)16)8-11(5)10(3)4/h8-9H,6-7H2,1-5H3,(H,15,16). The molecule has 0 radical (unpaired) electrons. The molecule has 0 atom stereocenters. The first-order valence-corrected chi connectivity index (χ1v) is 5.70. The fourth-order valence-corrected chi connectivity index (χ4v) is 1.22. The van der Waals surface area contributed by atoms with Crippen molar-refractivity contribution >= 4 is 5.97 Å². The Balaban J connectivity index is 5.27. The summed E-state index contributed by atoms with van der Waals surface area (Å²) in [5, 5.41) is 9.11. The van der Waals surface area contributed by atoms with Crippen LogP contribution in [0.2, 0.25) is 0 Å². The second-order valence-electron chi connectivity index (χ2n) is 4.10. The van der Waals surface area contributed by atoms with Gasteiger partial charge in [-0.2, -0.15) is 0 Å². The van der Waals surface area contributed by atoms with Gasteiger partial charge in [-0.05, 0) is 45.8 Å². The molecule has 90 valence electrons. The number of carboxylic acids is 1. The van der Waals surface area contributed by atoms with E-state index in [4.69, 9.17) is 5.11 Å². The smallest absolute Gasteiger partial charge is 0.335 e.